The van der Waals surface area contributed by atoms with Crippen molar-refractivity contribution in [2.45, 2.75) is 31.9 Å². The number of hydrogen-bond acceptors (Lipinski definition) is 4. The van der Waals surface area contributed by atoms with Crippen LogP contribution in [0.25, 0.3) is 0 Å². The van der Waals surface area contributed by atoms with Gasteiger partial charge in [-0.05, 0) is 42.5 Å². The summed E-state index contributed by atoms with van der Waals surface area (Å²) < 4.78 is 28.0. The Hall–Kier alpha value is -2.05. The minimum atomic E-state index is -3.04. The third kappa shape index (κ3) is 8.93. The molecule has 0 aliphatic rings. The number of amides is 1. The van der Waals surface area contributed by atoms with Gasteiger partial charge in [-0.15, -0.1) is 0 Å². The molecule has 1 atom stereocenters. The summed E-state index contributed by atoms with van der Waals surface area (Å²) >= 11 is 6.02. The molecule has 0 saturated carbocycles. The Labute approximate surface area is 165 Å². The quantitative estimate of drug-likeness (QED) is 0.679. The van der Waals surface area contributed by atoms with Gasteiger partial charge in [0.05, 0.1) is 0 Å². The van der Waals surface area contributed by atoms with Gasteiger partial charge >= 0.3 is 6.09 Å². The standard InChI is InChI=1S/C20H24ClNO4S/c1-27(24,25)12-6-11-19(14-17-9-5-10-18(21)13-17)22-20(23)26-15-16-7-3-2-4-8-16/h2-5,7-10,13,19H,6,11-12,14-15H2,1H3,(H,22,23). The fourth-order valence-electron chi connectivity index (χ4n) is 2.70. The number of carbonyl (C=O) groups is 1. The highest BCUT2D eigenvalue weighted by Crippen LogP contribution is 2.14. The average molecular weight is 410 g/mol. The molecular formula is C20H24ClNO4S. The summed E-state index contributed by atoms with van der Waals surface area (Å²) in [6, 6.07) is 16.6. The van der Waals surface area contributed by atoms with Gasteiger partial charge in [-0.25, -0.2) is 13.2 Å². The molecule has 0 heterocycles. The molecule has 0 spiro atoms. The molecule has 7 heteroatoms. The average Bonchev–Trinajstić information content (AvgIpc) is 2.60. The lowest BCUT2D eigenvalue weighted by molar-refractivity contribution is 0.135. The van der Waals surface area contributed by atoms with Crippen molar-refractivity contribution < 1.29 is 17.9 Å². The molecule has 1 unspecified atom stereocenters. The molecule has 0 radical (unpaired) electrons. The second-order valence-electron chi connectivity index (χ2n) is 6.51. The molecule has 2 aromatic rings. The smallest absolute Gasteiger partial charge is 0.407 e. The van der Waals surface area contributed by atoms with E-state index in [1.165, 1.54) is 6.26 Å². The van der Waals surface area contributed by atoms with Gasteiger partial charge in [0.1, 0.15) is 16.4 Å². The number of nitrogens with one attached hydrogen (secondary N) is 1. The predicted octanol–water partition coefficient (Wildman–Crippen LogP) is 4.00. The number of hydrogen-bond donors (Lipinski definition) is 1. The van der Waals surface area contributed by atoms with Crippen molar-refractivity contribution in [3.05, 3.63) is 70.7 Å². The van der Waals surface area contributed by atoms with Gasteiger partial charge in [0.25, 0.3) is 0 Å². The number of carbonyl (C=O) groups excluding carboxylic acids is 1. The summed E-state index contributed by atoms with van der Waals surface area (Å²) in [4.78, 5) is 12.2. The number of halogens is 1. The van der Waals surface area contributed by atoms with Crippen molar-refractivity contribution in [2.24, 2.45) is 0 Å². The normalized spacial score (nSPS) is 12.4. The summed E-state index contributed by atoms with van der Waals surface area (Å²) in [7, 11) is -3.04. The minimum absolute atomic E-state index is 0.0831. The SMILES string of the molecule is CS(=O)(=O)CCCC(Cc1cccc(Cl)c1)NC(=O)OCc1ccccc1. The molecule has 5 nitrogen and oxygen atoms in total. The van der Waals surface area contributed by atoms with E-state index in [2.05, 4.69) is 5.32 Å². The zero-order chi connectivity index (χ0) is 19.7. The van der Waals surface area contributed by atoms with Gasteiger partial charge < -0.3 is 10.1 Å². The summed E-state index contributed by atoms with van der Waals surface area (Å²) in [5, 5.41) is 3.46. The lowest BCUT2D eigenvalue weighted by Gasteiger charge is -2.19. The van der Waals surface area contributed by atoms with Crippen molar-refractivity contribution in [1.29, 1.82) is 0 Å². The zero-order valence-corrected chi connectivity index (χ0v) is 16.8. The van der Waals surface area contributed by atoms with Gasteiger partial charge in [0, 0.05) is 23.1 Å². The first-order valence-electron chi connectivity index (χ1n) is 8.71. The van der Waals surface area contributed by atoms with Crippen LogP contribution in [0.2, 0.25) is 5.02 Å². The first-order valence-corrected chi connectivity index (χ1v) is 11.1. The van der Waals surface area contributed by atoms with Crippen LogP contribution in [0, 0.1) is 0 Å². The van der Waals surface area contributed by atoms with Crippen molar-refractivity contribution in [1.82, 2.24) is 5.32 Å². The van der Waals surface area contributed by atoms with E-state index < -0.39 is 15.9 Å². The first-order chi connectivity index (χ1) is 12.8. The topological polar surface area (TPSA) is 72.5 Å². The molecule has 0 fully saturated rings. The van der Waals surface area contributed by atoms with E-state index in [0.29, 0.717) is 24.3 Å². The van der Waals surface area contributed by atoms with Gasteiger partial charge in [-0.1, -0.05) is 54.1 Å². The highest BCUT2D eigenvalue weighted by molar-refractivity contribution is 7.90. The summed E-state index contributed by atoms with van der Waals surface area (Å²) in [6.45, 7) is 0.180. The Morgan fingerprint density at radius 1 is 1.11 bits per heavy atom. The Morgan fingerprint density at radius 3 is 2.48 bits per heavy atom. The molecule has 2 aromatic carbocycles. The molecule has 0 bridgehead atoms. The molecule has 1 amide bonds. The number of benzene rings is 2. The molecular weight excluding hydrogens is 386 g/mol. The number of sulfone groups is 1. The zero-order valence-electron chi connectivity index (χ0n) is 15.2. The van der Waals surface area contributed by atoms with Gasteiger partial charge in [0.2, 0.25) is 0 Å². The highest BCUT2D eigenvalue weighted by Gasteiger charge is 2.15. The summed E-state index contributed by atoms with van der Waals surface area (Å²) in [6.07, 6.45) is 2.22. The first kappa shape index (κ1) is 21.3. The third-order valence-corrected chi connectivity index (χ3v) is 5.24. The monoisotopic (exact) mass is 409 g/mol. The van der Waals surface area contributed by atoms with Crippen LogP contribution in [0.3, 0.4) is 0 Å². The number of rotatable bonds is 9. The van der Waals surface area contributed by atoms with Gasteiger partial charge in [-0.2, -0.15) is 0 Å². The number of alkyl carbamates (subject to hydrolysis) is 1. The Bertz CT molecular complexity index is 840. The maximum absolute atomic E-state index is 12.2. The maximum Gasteiger partial charge on any atom is 0.407 e. The van der Waals surface area contributed by atoms with Crippen molar-refractivity contribution in [3.8, 4) is 0 Å². The molecule has 0 aliphatic heterocycles. The van der Waals surface area contributed by atoms with Crippen LogP contribution in [0.15, 0.2) is 54.6 Å². The van der Waals surface area contributed by atoms with Crippen molar-refractivity contribution >= 4 is 27.5 Å². The van der Waals surface area contributed by atoms with Crippen molar-refractivity contribution in [2.75, 3.05) is 12.0 Å². The lowest BCUT2D eigenvalue weighted by Crippen LogP contribution is -2.37. The van der Waals surface area contributed by atoms with Crippen LogP contribution < -0.4 is 5.32 Å². The lowest BCUT2D eigenvalue weighted by atomic mass is 10.0. The van der Waals surface area contributed by atoms with Crippen LogP contribution in [0.1, 0.15) is 24.0 Å². The van der Waals surface area contributed by atoms with Crippen LogP contribution in [-0.2, 0) is 27.6 Å². The Kier molecular flexibility index (Phi) is 8.13. The molecule has 2 rings (SSSR count). The molecule has 0 aliphatic carbocycles. The highest BCUT2D eigenvalue weighted by atomic mass is 35.5. The second kappa shape index (κ2) is 10.3. The van der Waals surface area contributed by atoms with Crippen LogP contribution in [-0.4, -0.2) is 32.6 Å². The van der Waals surface area contributed by atoms with E-state index in [4.69, 9.17) is 16.3 Å². The summed E-state index contributed by atoms with van der Waals surface area (Å²) in [5.74, 6) is 0.0831. The Morgan fingerprint density at radius 2 is 1.81 bits per heavy atom. The van der Waals surface area contributed by atoms with Gasteiger partial charge in [0.15, 0.2) is 0 Å². The van der Waals surface area contributed by atoms with E-state index in [-0.39, 0.29) is 18.4 Å². The molecule has 0 aromatic heterocycles. The number of ether oxygens (including phenoxy) is 1. The Balaban J connectivity index is 1.94. The summed E-state index contributed by atoms with van der Waals surface area (Å²) in [5.41, 5.74) is 1.87. The van der Waals surface area contributed by atoms with Gasteiger partial charge in [-0.3, -0.25) is 0 Å². The molecule has 27 heavy (non-hydrogen) atoms. The van der Waals surface area contributed by atoms with E-state index in [1.54, 1.807) is 6.07 Å². The molecule has 1 N–H and O–H groups in total. The minimum Gasteiger partial charge on any atom is -0.445 e. The second-order valence-corrected chi connectivity index (χ2v) is 9.21. The van der Waals surface area contributed by atoms with E-state index >= 15 is 0 Å². The largest absolute Gasteiger partial charge is 0.445 e. The van der Waals surface area contributed by atoms with E-state index in [0.717, 1.165) is 11.1 Å². The predicted molar refractivity (Wildman–Crippen MR) is 108 cm³/mol. The van der Waals surface area contributed by atoms with E-state index in [1.807, 2.05) is 48.5 Å². The van der Waals surface area contributed by atoms with E-state index in [9.17, 15) is 13.2 Å². The maximum atomic E-state index is 12.2. The fraction of sp³-hybridized carbons (Fsp3) is 0.350. The third-order valence-electron chi connectivity index (χ3n) is 3.97. The molecule has 0 saturated heterocycles. The fourth-order valence-corrected chi connectivity index (χ4v) is 3.60. The van der Waals surface area contributed by atoms with Crippen LogP contribution in [0.4, 0.5) is 4.79 Å². The molecule has 146 valence electrons. The van der Waals surface area contributed by atoms with Crippen molar-refractivity contribution in [3.63, 3.8) is 0 Å². The van der Waals surface area contributed by atoms with Crippen LogP contribution in [0.5, 0.6) is 0 Å². The van der Waals surface area contributed by atoms with Crippen LogP contribution >= 0.6 is 11.6 Å².